The molecule has 0 radical (unpaired) electrons. The number of hydrogen-bond acceptors (Lipinski definition) is 2. The molecule has 0 atom stereocenters. The van der Waals surface area contributed by atoms with Gasteiger partial charge in [-0.3, -0.25) is 9.59 Å². The Morgan fingerprint density at radius 3 is 2.88 bits per heavy atom. The molecule has 0 aliphatic heterocycles. The molecule has 1 heterocycles. The number of nitrogens with one attached hydrogen (secondary N) is 2. The van der Waals surface area contributed by atoms with E-state index in [4.69, 9.17) is 0 Å². The number of hydrogen-bond donors (Lipinski definition) is 2. The monoisotopic (exact) mass is 280 g/mol. The average Bonchev–Trinajstić information content (AvgIpc) is 2.65. The van der Waals surface area contributed by atoms with Crippen LogP contribution in [0.4, 0.5) is 0 Å². The summed E-state index contributed by atoms with van der Waals surface area (Å²) >= 11 is 3.33. The van der Waals surface area contributed by atoms with Crippen LogP contribution in [0.15, 0.2) is 22.7 Å². The predicted molar refractivity (Wildman–Crippen MR) is 64.8 cm³/mol. The number of rotatable bonds is 2. The number of amides is 1. The molecular formula is C11H9BrN2O2. The molecule has 2 aromatic rings. The summed E-state index contributed by atoms with van der Waals surface area (Å²) in [4.78, 5) is 25.5. The molecule has 2 rings (SSSR count). The van der Waals surface area contributed by atoms with Gasteiger partial charge in [-0.2, -0.15) is 0 Å². The Labute approximate surface area is 100 Å². The molecule has 16 heavy (non-hydrogen) atoms. The number of aromatic nitrogens is 1. The Morgan fingerprint density at radius 1 is 1.50 bits per heavy atom. The maximum atomic E-state index is 11.5. The van der Waals surface area contributed by atoms with Gasteiger partial charge >= 0.3 is 0 Å². The van der Waals surface area contributed by atoms with Crippen LogP contribution in [0.3, 0.4) is 0 Å². The van der Waals surface area contributed by atoms with Gasteiger partial charge < -0.3 is 10.3 Å². The first kappa shape index (κ1) is 10.9. The van der Waals surface area contributed by atoms with Crippen molar-refractivity contribution in [2.45, 2.75) is 0 Å². The first-order chi connectivity index (χ1) is 7.67. The molecule has 0 aliphatic rings. The van der Waals surface area contributed by atoms with E-state index >= 15 is 0 Å². The number of carbonyl (C=O) groups excluding carboxylic acids is 2. The lowest BCUT2D eigenvalue weighted by Crippen LogP contribution is -2.19. The van der Waals surface area contributed by atoms with E-state index in [2.05, 4.69) is 26.2 Å². The Bertz CT molecular complexity index is 575. The highest BCUT2D eigenvalue weighted by Gasteiger charge is 2.15. The lowest BCUT2D eigenvalue weighted by molar-refractivity contribution is 0.0953. The van der Waals surface area contributed by atoms with Crippen molar-refractivity contribution in [3.8, 4) is 0 Å². The molecule has 0 bridgehead atoms. The van der Waals surface area contributed by atoms with Gasteiger partial charge in [0.15, 0.2) is 6.29 Å². The van der Waals surface area contributed by atoms with Crippen LogP contribution in [0.1, 0.15) is 20.8 Å². The van der Waals surface area contributed by atoms with Crippen molar-refractivity contribution in [2.75, 3.05) is 7.05 Å². The van der Waals surface area contributed by atoms with Crippen LogP contribution >= 0.6 is 15.9 Å². The minimum atomic E-state index is -0.297. The summed E-state index contributed by atoms with van der Waals surface area (Å²) in [6.45, 7) is 0. The summed E-state index contributed by atoms with van der Waals surface area (Å²) < 4.78 is 0.891. The molecule has 2 N–H and O–H groups in total. The number of carbonyl (C=O) groups is 2. The van der Waals surface area contributed by atoms with Crippen molar-refractivity contribution in [2.24, 2.45) is 0 Å². The predicted octanol–water partition coefficient (Wildman–Crippen LogP) is 2.10. The van der Waals surface area contributed by atoms with Crippen molar-refractivity contribution in [1.29, 1.82) is 0 Å². The summed E-state index contributed by atoms with van der Waals surface area (Å²) in [6, 6.07) is 5.46. The SMILES string of the molecule is CNC(=O)c1[nH]c2cc(Br)ccc2c1C=O. The highest BCUT2D eigenvalue weighted by molar-refractivity contribution is 9.10. The van der Waals surface area contributed by atoms with Gasteiger partial charge in [0, 0.05) is 22.4 Å². The van der Waals surface area contributed by atoms with Gasteiger partial charge in [0.25, 0.3) is 5.91 Å². The van der Waals surface area contributed by atoms with Crippen molar-refractivity contribution in [1.82, 2.24) is 10.3 Å². The highest BCUT2D eigenvalue weighted by Crippen LogP contribution is 2.24. The molecule has 0 saturated heterocycles. The van der Waals surface area contributed by atoms with Gasteiger partial charge in [-0.25, -0.2) is 0 Å². The first-order valence-corrected chi connectivity index (χ1v) is 5.45. The number of aldehydes is 1. The molecule has 0 aliphatic carbocycles. The molecule has 5 heteroatoms. The number of H-pyrrole nitrogens is 1. The third-order valence-electron chi connectivity index (χ3n) is 2.37. The Morgan fingerprint density at radius 2 is 2.25 bits per heavy atom. The second-order valence-electron chi connectivity index (χ2n) is 3.30. The van der Waals surface area contributed by atoms with E-state index in [9.17, 15) is 9.59 Å². The second-order valence-corrected chi connectivity index (χ2v) is 4.22. The van der Waals surface area contributed by atoms with Gasteiger partial charge in [0.05, 0.1) is 5.56 Å². The lowest BCUT2D eigenvalue weighted by Gasteiger charge is -1.95. The van der Waals surface area contributed by atoms with Crippen LogP contribution in [0.5, 0.6) is 0 Å². The zero-order valence-corrected chi connectivity index (χ0v) is 10.1. The molecule has 0 spiro atoms. The normalized spacial score (nSPS) is 10.4. The minimum Gasteiger partial charge on any atom is -0.354 e. The standard InChI is InChI=1S/C11H9BrN2O2/c1-13-11(16)10-8(5-15)7-3-2-6(12)4-9(7)14-10/h2-5,14H,1H3,(H,13,16). The molecule has 0 saturated carbocycles. The Balaban J connectivity index is 2.75. The maximum Gasteiger partial charge on any atom is 0.268 e. The number of benzene rings is 1. The van der Waals surface area contributed by atoms with Crippen molar-refractivity contribution in [3.05, 3.63) is 33.9 Å². The summed E-state index contributed by atoms with van der Waals surface area (Å²) in [5.74, 6) is -0.297. The summed E-state index contributed by atoms with van der Waals surface area (Å²) in [6.07, 6.45) is 0.692. The lowest BCUT2D eigenvalue weighted by atomic mass is 10.1. The van der Waals surface area contributed by atoms with Gasteiger partial charge in [-0.15, -0.1) is 0 Å². The van der Waals surface area contributed by atoms with Gasteiger partial charge in [0.1, 0.15) is 5.69 Å². The minimum absolute atomic E-state index is 0.297. The number of halogens is 1. The van der Waals surface area contributed by atoms with Crippen LogP contribution < -0.4 is 5.32 Å². The largest absolute Gasteiger partial charge is 0.354 e. The van der Waals surface area contributed by atoms with E-state index in [-0.39, 0.29) is 5.91 Å². The molecular weight excluding hydrogens is 272 g/mol. The average molecular weight is 281 g/mol. The fraction of sp³-hybridized carbons (Fsp3) is 0.0909. The Hall–Kier alpha value is -1.62. The van der Waals surface area contributed by atoms with E-state index < -0.39 is 0 Å². The van der Waals surface area contributed by atoms with Crippen LogP contribution in [-0.2, 0) is 0 Å². The zero-order valence-electron chi connectivity index (χ0n) is 8.50. The molecule has 1 aromatic heterocycles. The zero-order chi connectivity index (χ0) is 11.7. The summed E-state index contributed by atoms with van der Waals surface area (Å²) in [5.41, 5.74) is 1.45. The van der Waals surface area contributed by atoms with Crippen molar-refractivity contribution < 1.29 is 9.59 Å². The fourth-order valence-electron chi connectivity index (χ4n) is 1.62. The van der Waals surface area contributed by atoms with E-state index in [0.29, 0.717) is 17.5 Å². The fourth-order valence-corrected chi connectivity index (χ4v) is 1.98. The van der Waals surface area contributed by atoms with Crippen molar-refractivity contribution in [3.63, 3.8) is 0 Å². The van der Waals surface area contributed by atoms with Crippen LogP contribution in [-0.4, -0.2) is 24.2 Å². The van der Waals surface area contributed by atoms with E-state index in [1.54, 1.807) is 6.07 Å². The van der Waals surface area contributed by atoms with Gasteiger partial charge in [-0.1, -0.05) is 22.0 Å². The molecule has 82 valence electrons. The number of fused-ring (bicyclic) bond motifs is 1. The second kappa shape index (κ2) is 4.09. The smallest absolute Gasteiger partial charge is 0.268 e. The van der Waals surface area contributed by atoms with Crippen molar-refractivity contribution >= 4 is 39.0 Å². The first-order valence-electron chi connectivity index (χ1n) is 4.66. The molecule has 4 nitrogen and oxygen atoms in total. The Kier molecular flexibility index (Phi) is 2.78. The van der Waals surface area contributed by atoms with E-state index in [1.165, 1.54) is 7.05 Å². The van der Waals surface area contributed by atoms with Crippen LogP contribution in [0, 0.1) is 0 Å². The number of aromatic amines is 1. The van der Waals surface area contributed by atoms with Gasteiger partial charge in [0.2, 0.25) is 0 Å². The third-order valence-corrected chi connectivity index (χ3v) is 2.87. The van der Waals surface area contributed by atoms with E-state index in [0.717, 1.165) is 15.4 Å². The maximum absolute atomic E-state index is 11.5. The summed E-state index contributed by atoms with van der Waals surface area (Å²) in [7, 11) is 1.53. The molecule has 0 unspecified atom stereocenters. The van der Waals surface area contributed by atoms with E-state index in [1.807, 2.05) is 12.1 Å². The van der Waals surface area contributed by atoms with Crippen LogP contribution in [0.2, 0.25) is 0 Å². The molecule has 1 aromatic carbocycles. The van der Waals surface area contributed by atoms with Gasteiger partial charge in [-0.05, 0) is 12.1 Å². The molecule has 1 amide bonds. The molecule has 0 fully saturated rings. The topological polar surface area (TPSA) is 62.0 Å². The quantitative estimate of drug-likeness (QED) is 0.828. The summed E-state index contributed by atoms with van der Waals surface area (Å²) in [5, 5.41) is 3.24. The van der Waals surface area contributed by atoms with Crippen LogP contribution in [0.25, 0.3) is 10.9 Å². The highest BCUT2D eigenvalue weighted by atomic mass is 79.9. The third kappa shape index (κ3) is 1.63.